The number of amides is 1. The van der Waals surface area contributed by atoms with Crippen LogP contribution >= 0.6 is 0 Å². The van der Waals surface area contributed by atoms with Crippen LogP contribution in [0.1, 0.15) is 24.1 Å². The number of benzene rings is 1. The van der Waals surface area contributed by atoms with Gasteiger partial charge in [0.1, 0.15) is 6.04 Å². The number of pyridine rings is 1. The Balaban J connectivity index is 1.90. The average molecular weight is 346 g/mol. The van der Waals surface area contributed by atoms with Crippen molar-refractivity contribution in [1.82, 2.24) is 19.7 Å². The fourth-order valence-electron chi connectivity index (χ4n) is 3.24. The number of carbonyl (C=O) groups is 1. The number of nitrogens with one attached hydrogen (secondary N) is 1. The number of hydrogen-bond acceptors (Lipinski definition) is 5. The van der Waals surface area contributed by atoms with Crippen molar-refractivity contribution in [2.45, 2.75) is 19.9 Å². The summed E-state index contributed by atoms with van der Waals surface area (Å²) in [7, 11) is 0. The Labute approximate surface area is 150 Å². The molecule has 2 aromatic heterocycles. The van der Waals surface area contributed by atoms with Crippen LogP contribution in [0, 0.1) is 6.92 Å². The molecule has 3 aromatic rings. The van der Waals surface area contributed by atoms with Gasteiger partial charge in [-0.05, 0) is 31.5 Å². The summed E-state index contributed by atoms with van der Waals surface area (Å²) in [5.41, 5.74) is 9.74. The van der Waals surface area contributed by atoms with Crippen LogP contribution in [-0.2, 0) is 4.79 Å². The molecule has 1 aliphatic rings. The summed E-state index contributed by atoms with van der Waals surface area (Å²) in [6, 6.07) is 11.2. The van der Waals surface area contributed by atoms with E-state index in [0.29, 0.717) is 23.0 Å². The number of rotatable bonds is 3. The molecule has 0 saturated heterocycles. The highest BCUT2D eigenvalue weighted by molar-refractivity contribution is 5.95. The second-order valence-corrected chi connectivity index (χ2v) is 6.28. The summed E-state index contributed by atoms with van der Waals surface area (Å²) >= 11 is 0. The Morgan fingerprint density at radius 3 is 2.65 bits per heavy atom. The zero-order chi connectivity index (χ0) is 18.3. The van der Waals surface area contributed by atoms with Gasteiger partial charge in [-0.15, -0.1) is 5.10 Å². The zero-order valence-corrected chi connectivity index (χ0v) is 14.5. The summed E-state index contributed by atoms with van der Waals surface area (Å²) in [5.74, 6) is 0.657. The number of allylic oxidation sites excluding steroid dienone is 1. The van der Waals surface area contributed by atoms with Crippen molar-refractivity contribution in [2.24, 2.45) is 5.73 Å². The van der Waals surface area contributed by atoms with E-state index < -0.39 is 11.9 Å². The Morgan fingerprint density at radius 2 is 1.96 bits per heavy atom. The first-order valence-electron chi connectivity index (χ1n) is 8.25. The lowest BCUT2D eigenvalue weighted by Gasteiger charge is -2.27. The monoisotopic (exact) mass is 346 g/mol. The molecule has 3 heterocycles. The van der Waals surface area contributed by atoms with Crippen LogP contribution in [0.4, 0.5) is 5.95 Å². The maximum Gasteiger partial charge on any atom is 0.248 e. The Kier molecular flexibility index (Phi) is 3.76. The lowest BCUT2D eigenvalue weighted by atomic mass is 9.94. The molecule has 1 aliphatic heterocycles. The predicted octanol–water partition coefficient (Wildman–Crippen LogP) is 2.42. The van der Waals surface area contributed by atoms with E-state index in [-0.39, 0.29) is 0 Å². The standard InChI is InChI=1S/C19H18N6O/c1-11-4-3-5-14(10-11)16-15(17(20)26)12(2)22-19-23-18(24-25(16)19)13-6-8-21-9-7-13/h3-10,16H,1-2H3,(H2,20,26)(H,22,23,24). The van der Waals surface area contributed by atoms with E-state index in [1.165, 1.54) is 0 Å². The van der Waals surface area contributed by atoms with Crippen molar-refractivity contribution in [3.8, 4) is 11.4 Å². The minimum Gasteiger partial charge on any atom is -0.366 e. The average Bonchev–Trinajstić information content (AvgIpc) is 3.04. The summed E-state index contributed by atoms with van der Waals surface area (Å²) < 4.78 is 1.72. The van der Waals surface area contributed by atoms with Crippen LogP contribution in [-0.4, -0.2) is 25.7 Å². The summed E-state index contributed by atoms with van der Waals surface area (Å²) in [6.45, 7) is 3.84. The van der Waals surface area contributed by atoms with Crippen LogP contribution in [0.2, 0.25) is 0 Å². The quantitative estimate of drug-likeness (QED) is 0.759. The number of aryl methyl sites for hydroxylation is 1. The van der Waals surface area contributed by atoms with Crippen LogP contribution < -0.4 is 11.1 Å². The number of aromatic nitrogens is 4. The molecule has 26 heavy (non-hydrogen) atoms. The highest BCUT2D eigenvalue weighted by Crippen LogP contribution is 2.36. The van der Waals surface area contributed by atoms with Crippen molar-refractivity contribution in [3.05, 3.63) is 71.2 Å². The number of nitrogens with two attached hydrogens (primary N) is 1. The number of carbonyl (C=O) groups excluding carboxylic acids is 1. The van der Waals surface area contributed by atoms with Gasteiger partial charge in [0.25, 0.3) is 0 Å². The van der Waals surface area contributed by atoms with Crippen molar-refractivity contribution in [3.63, 3.8) is 0 Å². The summed E-state index contributed by atoms with van der Waals surface area (Å²) in [4.78, 5) is 20.8. The molecule has 1 aromatic carbocycles. The third-order valence-electron chi connectivity index (χ3n) is 4.41. The molecule has 0 spiro atoms. The zero-order valence-electron chi connectivity index (χ0n) is 14.5. The van der Waals surface area contributed by atoms with Gasteiger partial charge in [0.15, 0.2) is 5.82 Å². The van der Waals surface area contributed by atoms with Gasteiger partial charge in [-0.1, -0.05) is 29.8 Å². The molecule has 1 atom stereocenters. The third kappa shape index (κ3) is 2.63. The van der Waals surface area contributed by atoms with Gasteiger partial charge in [0.05, 0.1) is 5.57 Å². The van der Waals surface area contributed by atoms with E-state index in [1.54, 1.807) is 17.1 Å². The minimum atomic E-state index is -0.479. The Hall–Kier alpha value is -3.48. The molecule has 0 bridgehead atoms. The number of fused-ring (bicyclic) bond motifs is 1. The van der Waals surface area contributed by atoms with Gasteiger partial charge < -0.3 is 11.1 Å². The van der Waals surface area contributed by atoms with Gasteiger partial charge in [-0.3, -0.25) is 9.78 Å². The smallest absolute Gasteiger partial charge is 0.248 e. The maximum atomic E-state index is 12.2. The first-order chi connectivity index (χ1) is 12.5. The number of anilines is 1. The molecule has 130 valence electrons. The molecular formula is C19H18N6O. The normalized spacial score (nSPS) is 16.2. The second kappa shape index (κ2) is 6.11. The van der Waals surface area contributed by atoms with Crippen LogP contribution in [0.5, 0.6) is 0 Å². The van der Waals surface area contributed by atoms with E-state index in [9.17, 15) is 4.79 Å². The largest absolute Gasteiger partial charge is 0.366 e. The van der Waals surface area contributed by atoms with Gasteiger partial charge in [0, 0.05) is 23.7 Å². The molecule has 0 fully saturated rings. The van der Waals surface area contributed by atoms with E-state index in [0.717, 1.165) is 16.7 Å². The number of hydrogen-bond donors (Lipinski definition) is 2. The van der Waals surface area contributed by atoms with Crippen molar-refractivity contribution < 1.29 is 4.79 Å². The van der Waals surface area contributed by atoms with Gasteiger partial charge in [-0.2, -0.15) is 4.98 Å². The third-order valence-corrected chi connectivity index (χ3v) is 4.41. The first kappa shape index (κ1) is 16.0. The molecule has 0 saturated carbocycles. The highest BCUT2D eigenvalue weighted by atomic mass is 16.1. The molecule has 1 unspecified atom stereocenters. The highest BCUT2D eigenvalue weighted by Gasteiger charge is 2.33. The van der Waals surface area contributed by atoms with E-state index in [4.69, 9.17) is 5.73 Å². The molecule has 7 heteroatoms. The summed E-state index contributed by atoms with van der Waals surface area (Å²) in [5, 5.41) is 7.80. The van der Waals surface area contributed by atoms with E-state index in [2.05, 4.69) is 20.4 Å². The fraction of sp³-hybridized carbons (Fsp3) is 0.158. The Bertz CT molecular complexity index is 1020. The number of nitrogens with zero attached hydrogens (tertiary/aromatic N) is 4. The van der Waals surface area contributed by atoms with Crippen LogP contribution in [0.25, 0.3) is 11.4 Å². The van der Waals surface area contributed by atoms with Crippen molar-refractivity contribution in [1.29, 1.82) is 0 Å². The minimum absolute atomic E-state index is 0.424. The molecule has 3 N–H and O–H groups in total. The summed E-state index contributed by atoms with van der Waals surface area (Å²) in [6.07, 6.45) is 3.39. The van der Waals surface area contributed by atoms with Crippen LogP contribution in [0.15, 0.2) is 60.1 Å². The van der Waals surface area contributed by atoms with Gasteiger partial charge >= 0.3 is 0 Å². The number of primary amides is 1. The second-order valence-electron chi connectivity index (χ2n) is 6.28. The molecule has 0 aliphatic carbocycles. The SMILES string of the molecule is CC1=C(C(N)=O)C(c2cccc(C)c2)n2nc(-c3ccncc3)nc2N1. The topological polar surface area (TPSA) is 98.7 Å². The van der Waals surface area contributed by atoms with Crippen LogP contribution in [0.3, 0.4) is 0 Å². The molecule has 7 nitrogen and oxygen atoms in total. The Morgan fingerprint density at radius 1 is 1.19 bits per heavy atom. The first-order valence-corrected chi connectivity index (χ1v) is 8.25. The fourth-order valence-corrected chi connectivity index (χ4v) is 3.24. The van der Waals surface area contributed by atoms with Gasteiger partial charge in [0.2, 0.25) is 11.9 Å². The molecule has 4 rings (SSSR count). The lowest BCUT2D eigenvalue weighted by molar-refractivity contribution is -0.115. The van der Waals surface area contributed by atoms with Gasteiger partial charge in [-0.25, -0.2) is 4.68 Å². The lowest BCUT2D eigenvalue weighted by Crippen LogP contribution is -2.31. The van der Waals surface area contributed by atoms with E-state index >= 15 is 0 Å². The molecule has 0 radical (unpaired) electrons. The molecule has 1 amide bonds. The predicted molar refractivity (Wildman–Crippen MR) is 98.1 cm³/mol. The molecular weight excluding hydrogens is 328 g/mol. The van der Waals surface area contributed by atoms with Crippen molar-refractivity contribution in [2.75, 3.05) is 5.32 Å². The van der Waals surface area contributed by atoms with Crippen molar-refractivity contribution >= 4 is 11.9 Å². The maximum absolute atomic E-state index is 12.2. The van der Waals surface area contributed by atoms with E-state index in [1.807, 2.05) is 50.2 Å².